The van der Waals surface area contributed by atoms with Gasteiger partial charge in [0.1, 0.15) is 5.82 Å². The lowest BCUT2D eigenvalue weighted by atomic mass is 10.0. The van der Waals surface area contributed by atoms with Crippen LogP contribution in [0.1, 0.15) is 25.1 Å². The van der Waals surface area contributed by atoms with Gasteiger partial charge in [-0.05, 0) is 25.5 Å². The second-order valence-electron chi connectivity index (χ2n) is 6.11. The van der Waals surface area contributed by atoms with Crippen LogP contribution in [0.4, 0.5) is 5.82 Å². The van der Waals surface area contributed by atoms with E-state index < -0.39 is 0 Å². The van der Waals surface area contributed by atoms with Gasteiger partial charge in [-0.2, -0.15) is 0 Å². The van der Waals surface area contributed by atoms with E-state index in [0.717, 1.165) is 29.1 Å². The van der Waals surface area contributed by atoms with Gasteiger partial charge in [-0.1, -0.05) is 0 Å². The average molecular weight is 326 g/mol. The number of carbonyl (C=O) groups is 1. The number of hydrogen-bond acceptors (Lipinski definition) is 6. The summed E-state index contributed by atoms with van der Waals surface area (Å²) in [5.41, 5.74) is 8.73. The minimum absolute atomic E-state index is 0.0253. The fourth-order valence-corrected chi connectivity index (χ4v) is 2.73. The SMILES string of the molecule is CC(=O)N1CCc2c(nc(-c3ccncc3)nc2NC[C@H](C)N)C1. The highest BCUT2D eigenvalue weighted by Gasteiger charge is 2.24. The largest absolute Gasteiger partial charge is 0.368 e. The van der Waals surface area contributed by atoms with Gasteiger partial charge >= 0.3 is 0 Å². The Morgan fingerprint density at radius 2 is 2.12 bits per heavy atom. The molecule has 0 fully saturated rings. The average Bonchev–Trinajstić information content (AvgIpc) is 2.59. The first-order chi connectivity index (χ1) is 11.5. The van der Waals surface area contributed by atoms with Gasteiger partial charge in [0.05, 0.1) is 12.2 Å². The highest BCUT2D eigenvalue weighted by Crippen LogP contribution is 2.27. The maximum atomic E-state index is 11.7. The van der Waals surface area contributed by atoms with E-state index >= 15 is 0 Å². The second-order valence-corrected chi connectivity index (χ2v) is 6.11. The number of nitrogens with two attached hydrogens (primary N) is 1. The third-order valence-corrected chi connectivity index (χ3v) is 4.04. The lowest BCUT2D eigenvalue weighted by Crippen LogP contribution is -2.36. The van der Waals surface area contributed by atoms with E-state index in [9.17, 15) is 4.79 Å². The van der Waals surface area contributed by atoms with Crippen LogP contribution in [0.25, 0.3) is 11.4 Å². The number of fused-ring (bicyclic) bond motifs is 1. The molecule has 0 saturated carbocycles. The molecule has 0 radical (unpaired) electrons. The van der Waals surface area contributed by atoms with Crippen molar-refractivity contribution in [2.75, 3.05) is 18.4 Å². The zero-order chi connectivity index (χ0) is 17.1. The van der Waals surface area contributed by atoms with E-state index in [1.54, 1.807) is 24.2 Å². The van der Waals surface area contributed by atoms with E-state index in [0.29, 0.717) is 25.5 Å². The Kier molecular flexibility index (Phi) is 4.71. The Balaban J connectivity index is 2.01. The van der Waals surface area contributed by atoms with Crippen molar-refractivity contribution in [2.45, 2.75) is 32.9 Å². The molecule has 0 aliphatic carbocycles. The highest BCUT2D eigenvalue weighted by molar-refractivity contribution is 5.74. The Hall–Kier alpha value is -2.54. The van der Waals surface area contributed by atoms with Crippen LogP contribution in [-0.4, -0.2) is 44.9 Å². The number of pyridine rings is 1. The van der Waals surface area contributed by atoms with Crippen molar-refractivity contribution >= 4 is 11.7 Å². The molecule has 0 unspecified atom stereocenters. The number of carbonyl (C=O) groups excluding carboxylic acids is 1. The van der Waals surface area contributed by atoms with E-state index in [4.69, 9.17) is 10.7 Å². The number of anilines is 1. The lowest BCUT2D eigenvalue weighted by molar-refractivity contribution is -0.129. The van der Waals surface area contributed by atoms with Crippen molar-refractivity contribution in [3.05, 3.63) is 35.8 Å². The first kappa shape index (κ1) is 16.3. The summed E-state index contributed by atoms with van der Waals surface area (Å²) >= 11 is 0. The van der Waals surface area contributed by atoms with Crippen molar-refractivity contribution < 1.29 is 4.79 Å². The molecule has 3 N–H and O–H groups in total. The topological polar surface area (TPSA) is 97.0 Å². The molecule has 2 aromatic rings. The Morgan fingerprint density at radius 1 is 1.38 bits per heavy atom. The Bertz CT molecular complexity index is 731. The molecule has 3 rings (SSSR count). The van der Waals surface area contributed by atoms with E-state index in [1.165, 1.54) is 0 Å². The molecule has 1 aliphatic rings. The minimum Gasteiger partial charge on any atom is -0.368 e. The van der Waals surface area contributed by atoms with E-state index in [2.05, 4.69) is 15.3 Å². The van der Waals surface area contributed by atoms with Gasteiger partial charge in [0.15, 0.2) is 5.82 Å². The smallest absolute Gasteiger partial charge is 0.219 e. The molecule has 24 heavy (non-hydrogen) atoms. The lowest BCUT2D eigenvalue weighted by Gasteiger charge is -2.29. The molecule has 1 amide bonds. The van der Waals surface area contributed by atoms with Crippen LogP contribution in [0.5, 0.6) is 0 Å². The Morgan fingerprint density at radius 3 is 2.79 bits per heavy atom. The second kappa shape index (κ2) is 6.92. The molecule has 7 nitrogen and oxygen atoms in total. The van der Waals surface area contributed by atoms with Gasteiger partial charge in [0.25, 0.3) is 0 Å². The zero-order valence-electron chi connectivity index (χ0n) is 14.0. The van der Waals surface area contributed by atoms with Crippen molar-refractivity contribution in [2.24, 2.45) is 5.73 Å². The summed E-state index contributed by atoms with van der Waals surface area (Å²) in [5, 5.41) is 3.33. The number of nitrogens with zero attached hydrogens (tertiary/aromatic N) is 4. The minimum atomic E-state index is 0.0253. The fraction of sp³-hybridized carbons (Fsp3) is 0.412. The number of hydrogen-bond donors (Lipinski definition) is 2. The summed E-state index contributed by atoms with van der Waals surface area (Å²) in [6.45, 7) is 5.37. The summed E-state index contributed by atoms with van der Waals surface area (Å²) < 4.78 is 0. The maximum absolute atomic E-state index is 11.7. The fourth-order valence-electron chi connectivity index (χ4n) is 2.73. The molecule has 1 atom stereocenters. The number of rotatable bonds is 4. The molecule has 0 spiro atoms. The van der Waals surface area contributed by atoms with Crippen LogP contribution >= 0.6 is 0 Å². The third kappa shape index (κ3) is 3.51. The van der Waals surface area contributed by atoms with Gasteiger partial charge in [0, 0.05) is 49.6 Å². The Labute approximate surface area is 141 Å². The van der Waals surface area contributed by atoms with Crippen molar-refractivity contribution in [3.8, 4) is 11.4 Å². The van der Waals surface area contributed by atoms with Crippen molar-refractivity contribution in [1.29, 1.82) is 0 Å². The summed E-state index contributed by atoms with van der Waals surface area (Å²) in [5.74, 6) is 1.51. The molecule has 1 aliphatic heterocycles. The van der Waals surface area contributed by atoms with Crippen LogP contribution < -0.4 is 11.1 Å². The maximum Gasteiger partial charge on any atom is 0.219 e. The van der Waals surface area contributed by atoms with Crippen LogP contribution in [-0.2, 0) is 17.8 Å². The zero-order valence-corrected chi connectivity index (χ0v) is 14.0. The van der Waals surface area contributed by atoms with Crippen LogP contribution in [0.3, 0.4) is 0 Å². The molecule has 0 saturated heterocycles. The summed E-state index contributed by atoms with van der Waals surface area (Å²) in [6.07, 6.45) is 4.18. The first-order valence-electron chi connectivity index (χ1n) is 8.09. The predicted molar refractivity (Wildman–Crippen MR) is 92.2 cm³/mol. The van der Waals surface area contributed by atoms with Crippen molar-refractivity contribution in [3.63, 3.8) is 0 Å². The molecule has 7 heteroatoms. The van der Waals surface area contributed by atoms with Gasteiger partial charge < -0.3 is 16.0 Å². The normalized spacial score (nSPS) is 14.9. The predicted octanol–water partition coefficient (Wildman–Crippen LogP) is 1.20. The molecule has 0 aromatic carbocycles. The summed E-state index contributed by atoms with van der Waals surface area (Å²) in [4.78, 5) is 26.9. The molecule has 0 bridgehead atoms. The molecule has 3 heterocycles. The van der Waals surface area contributed by atoms with Gasteiger partial charge in [-0.25, -0.2) is 9.97 Å². The van der Waals surface area contributed by atoms with Gasteiger partial charge in [0.2, 0.25) is 5.91 Å². The molecule has 2 aromatic heterocycles. The number of aromatic nitrogens is 3. The van der Waals surface area contributed by atoms with Crippen molar-refractivity contribution in [1.82, 2.24) is 19.9 Å². The number of nitrogens with one attached hydrogen (secondary N) is 1. The van der Waals surface area contributed by atoms with Crippen LogP contribution in [0.15, 0.2) is 24.5 Å². The van der Waals surface area contributed by atoms with Crippen LogP contribution in [0, 0.1) is 0 Å². The summed E-state index contributed by atoms with van der Waals surface area (Å²) in [6, 6.07) is 3.78. The van der Waals surface area contributed by atoms with Crippen LogP contribution in [0.2, 0.25) is 0 Å². The first-order valence-corrected chi connectivity index (χ1v) is 8.09. The van der Waals surface area contributed by atoms with Gasteiger partial charge in [-0.15, -0.1) is 0 Å². The quantitative estimate of drug-likeness (QED) is 0.876. The third-order valence-electron chi connectivity index (χ3n) is 4.04. The molecular formula is C17H22N6O. The molecular weight excluding hydrogens is 304 g/mol. The van der Waals surface area contributed by atoms with E-state index in [-0.39, 0.29) is 11.9 Å². The molecule has 126 valence electrons. The monoisotopic (exact) mass is 326 g/mol. The highest BCUT2D eigenvalue weighted by atomic mass is 16.2. The van der Waals surface area contributed by atoms with Gasteiger partial charge in [-0.3, -0.25) is 9.78 Å². The summed E-state index contributed by atoms with van der Waals surface area (Å²) in [7, 11) is 0. The number of amides is 1. The van der Waals surface area contributed by atoms with E-state index in [1.807, 2.05) is 19.1 Å². The standard InChI is InChI=1S/C17H22N6O/c1-11(18)9-20-17-14-5-8-23(12(2)24)10-15(14)21-16(22-17)13-3-6-19-7-4-13/h3-4,6-7,11H,5,8-10,18H2,1-2H3,(H,20,21,22)/t11-/m0/s1.